The largest absolute Gasteiger partial charge is 0.401 e. The lowest BCUT2D eigenvalue weighted by molar-refractivity contribution is -0.126. The molecule has 0 aromatic carbocycles. The highest BCUT2D eigenvalue weighted by molar-refractivity contribution is 4.76. The number of rotatable bonds is 2. The van der Waals surface area contributed by atoms with Crippen LogP contribution in [0.5, 0.6) is 0 Å². The van der Waals surface area contributed by atoms with E-state index in [1.807, 2.05) is 0 Å². The molecule has 0 aromatic rings. The standard InChI is InChI=1S/C9H16F3N/c1-7-2-4-8(5-3-7)13-6-9(10,11)12/h7-8,13H,2-6H2,1H3/t7-,8-. The van der Waals surface area contributed by atoms with Gasteiger partial charge in [-0.25, -0.2) is 0 Å². The van der Waals surface area contributed by atoms with Gasteiger partial charge in [-0.15, -0.1) is 0 Å². The second-order valence-electron chi connectivity index (χ2n) is 3.95. The van der Waals surface area contributed by atoms with Gasteiger partial charge >= 0.3 is 6.18 Å². The molecule has 4 heteroatoms. The molecule has 13 heavy (non-hydrogen) atoms. The van der Waals surface area contributed by atoms with Gasteiger partial charge in [-0.1, -0.05) is 6.92 Å². The second kappa shape index (κ2) is 4.31. The predicted molar refractivity (Wildman–Crippen MR) is 45.5 cm³/mol. The van der Waals surface area contributed by atoms with Crippen LogP contribution in [0.4, 0.5) is 13.2 Å². The third-order valence-electron chi connectivity index (χ3n) is 2.61. The average Bonchev–Trinajstić information content (AvgIpc) is 2.02. The van der Waals surface area contributed by atoms with Crippen LogP contribution in [-0.4, -0.2) is 18.8 Å². The second-order valence-corrected chi connectivity index (χ2v) is 3.95. The first-order chi connectivity index (χ1) is 5.97. The lowest BCUT2D eigenvalue weighted by atomic mass is 9.87. The minimum absolute atomic E-state index is 0.0813. The summed E-state index contributed by atoms with van der Waals surface area (Å²) < 4.78 is 35.5. The molecule has 1 rings (SSSR count). The molecule has 1 aliphatic carbocycles. The summed E-state index contributed by atoms with van der Waals surface area (Å²) in [4.78, 5) is 0. The van der Waals surface area contributed by atoms with Crippen LogP contribution in [0.1, 0.15) is 32.6 Å². The van der Waals surface area contributed by atoms with Crippen molar-refractivity contribution >= 4 is 0 Å². The third-order valence-corrected chi connectivity index (χ3v) is 2.61. The van der Waals surface area contributed by atoms with Crippen molar-refractivity contribution in [2.75, 3.05) is 6.54 Å². The van der Waals surface area contributed by atoms with Gasteiger partial charge in [-0.05, 0) is 31.6 Å². The zero-order valence-electron chi connectivity index (χ0n) is 7.82. The zero-order valence-corrected chi connectivity index (χ0v) is 7.82. The maximum absolute atomic E-state index is 11.8. The fourth-order valence-corrected chi connectivity index (χ4v) is 1.72. The highest BCUT2D eigenvalue weighted by Crippen LogP contribution is 2.24. The predicted octanol–water partition coefficient (Wildman–Crippen LogP) is 2.72. The number of nitrogens with one attached hydrogen (secondary N) is 1. The minimum atomic E-state index is -4.07. The van der Waals surface area contributed by atoms with Crippen LogP contribution in [0.25, 0.3) is 0 Å². The smallest absolute Gasteiger partial charge is 0.306 e. The van der Waals surface area contributed by atoms with E-state index in [-0.39, 0.29) is 6.04 Å². The maximum atomic E-state index is 11.8. The Balaban J connectivity index is 2.16. The van der Waals surface area contributed by atoms with Crippen molar-refractivity contribution in [2.24, 2.45) is 5.92 Å². The van der Waals surface area contributed by atoms with Crippen LogP contribution in [0, 0.1) is 5.92 Å². The van der Waals surface area contributed by atoms with Crippen molar-refractivity contribution < 1.29 is 13.2 Å². The van der Waals surface area contributed by atoms with Gasteiger partial charge in [0.05, 0.1) is 6.54 Å². The average molecular weight is 195 g/mol. The molecule has 1 saturated carbocycles. The van der Waals surface area contributed by atoms with Crippen LogP contribution >= 0.6 is 0 Å². The van der Waals surface area contributed by atoms with Gasteiger partial charge in [0.15, 0.2) is 0 Å². The number of halogens is 3. The van der Waals surface area contributed by atoms with E-state index in [2.05, 4.69) is 12.2 Å². The summed E-state index contributed by atoms with van der Waals surface area (Å²) >= 11 is 0. The Labute approximate surface area is 76.7 Å². The normalized spacial score (nSPS) is 30.5. The fourth-order valence-electron chi connectivity index (χ4n) is 1.72. The van der Waals surface area contributed by atoms with Crippen molar-refractivity contribution in [3.8, 4) is 0 Å². The Bertz CT molecular complexity index is 147. The Kier molecular flexibility index (Phi) is 3.59. The molecule has 0 radical (unpaired) electrons. The van der Waals surface area contributed by atoms with Gasteiger partial charge in [0, 0.05) is 6.04 Å². The summed E-state index contributed by atoms with van der Waals surface area (Å²) in [6.45, 7) is 1.31. The SMILES string of the molecule is C[C@H]1CC[C@H](NCC(F)(F)F)CC1. The Morgan fingerprint density at radius 1 is 1.15 bits per heavy atom. The molecule has 0 aliphatic heterocycles. The van der Waals surface area contributed by atoms with Crippen LogP contribution in [-0.2, 0) is 0 Å². The van der Waals surface area contributed by atoms with Crippen molar-refractivity contribution in [1.29, 1.82) is 0 Å². The van der Waals surface area contributed by atoms with Crippen molar-refractivity contribution in [3.63, 3.8) is 0 Å². The Morgan fingerprint density at radius 3 is 2.15 bits per heavy atom. The molecule has 0 amide bonds. The zero-order chi connectivity index (χ0) is 9.90. The monoisotopic (exact) mass is 195 g/mol. The van der Waals surface area contributed by atoms with Gasteiger partial charge in [0.2, 0.25) is 0 Å². The summed E-state index contributed by atoms with van der Waals surface area (Å²) in [6, 6.07) is 0.0813. The van der Waals surface area contributed by atoms with Gasteiger partial charge in [0.25, 0.3) is 0 Å². The van der Waals surface area contributed by atoms with Crippen LogP contribution < -0.4 is 5.32 Å². The van der Waals surface area contributed by atoms with Gasteiger partial charge < -0.3 is 5.32 Å². The maximum Gasteiger partial charge on any atom is 0.401 e. The first-order valence-electron chi connectivity index (χ1n) is 4.77. The summed E-state index contributed by atoms with van der Waals surface area (Å²) in [5.74, 6) is 0.684. The first-order valence-corrected chi connectivity index (χ1v) is 4.77. The van der Waals surface area contributed by atoms with E-state index in [9.17, 15) is 13.2 Å². The van der Waals surface area contributed by atoms with Crippen molar-refractivity contribution in [3.05, 3.63) is 0 Å². The van der Waals surface area contributed by atoms with Gasteiger partial charge in [0.1, 0.15) is 0 Å². The summed E-state index contributed by atoms with van der Waals surface area (Å²) in [5.41, 5.74) is 0. The van der Waals surface area contributed by atoms with Crippen LogP contribution in [0.3, 0.4) is 0 Å². The van der Waals surface area contributed by atoms with Gasteiger partial charge in [-0.2, -0.15) is 13.2 Å². The molecule has 1 aliphatic rings. The van der Waals surface area contributed by atoms with E-state index in [0.29, 0.717) is 5.92 Å². The third kappa shape index (κ3) is 4.50. The molecule has 1 fully saturated rings. The highest BCUT2D eigenvalue weighted by Gasteiger charge is 2.28. The summed E-state index contributed by atoms with van der Waals surface area (Å²) in [5, 5.41) is 2.56. The van der Waals surface area contributed by atoms with E-state index in [4.69, 9.17) is 0 Å². The van der Waals surface area contributed by atoms with E-state index in [1.54, 1.807) is 0 Å². The molecule has 0 saturated heterocycles. The Morgan fingerprint density at radius 2 is 1.69 bits per heavy atom. The van der Waals surface area contributed by atoms with Crippen LogP contribution in [0.15, 0.2) is 0 Å². The molecular formula is C9H16F3N. The quantitative estimate of drug-likeness (QED) is 0.714. The number of hydrogen-bond acceptors (Lipinski definition) is 1. The van der Waals surface area contributed by atoms with Crippen LogP contribution in [0.2, 0.25) is 0 Å². The highest BCUT2D eigenvalue weighted by atomic mass is 19.4. The van der Waals surface area contributed by atoms with E-state index < -0.39 is 12.7 Å². The number of alkyl halides is 3. The molecular weight excluding hydrogens is 179 g/mol. The summed E-state index contributed by atoms with van der Waals surface area (Å²) in [7, 11) is 0. The number of hydrogen-bond donors (Lipinski definition) is 1. The molecule has 1 N–H and O–H groups in total. The van der Waals surface area contributed by atoms with E-state index in [1.165, 1.54) is 0 Å². The molecule has 0 atom stereocenters. The van der Waals surface area contributed by atoms with E-state index in [0.717, 1.165) is 25.7 Å². The lowest BCUT2D eigenvalue weighted by Gasteiger charge is -2.27. The molecule has 0 spiro atoms. The molecule has 0 aromatic heterocycles. The van der Waals surface area contributed by atoms with Gasteiger partial charge in [-0.3, -0.25) is 0 Å². The molecule has 1 nitrogen and oxygen atoms in total. The van der Waals surface area contributed by atoms with E-state index >= 15 is 0 Å². The fraction of sp³-hybridized carbons (Fsp3) is 1.00. The Hall–Kier alpha value is -0.250. The summed E-state index contributed by atoms with van der Waals surface area (Å²) in [6.07, 6.45) is -0.192. The molecule has 0 heterocycles. The lowest BCUT2D eigenvalue weighted by Crippen LogP contribution is -2.39. The van der Waals surface area contributed by atoms with Crippen molar-refractivity contribution in [1.82, 2.24) is 5.32 Å². The molecule has 78 valence electrons. The van der Waals surface area contributed by atoms with Crippen molar-refractivity contribution in [2.45, 2.75) is 44.8 Å². The minimum Gasteiger partial charge on any atom is -0.306 e. The first kappa shape index (κ1) is 10.8. The molecule has 0 bridgehead atoms. The molecule has 0 unspecified atom stereocenters. The topological polar surface area (TPSA) is 12.0 Å².